The number of aryl methyl sites for hydroxylation is 1. The fourth-order valence-electron chi connectivity index (χ4n) is 4.47. The predicted octanol–water partition coefficient (Wildman–Crippen LogP) is 5.19. The fourth-order valence-corrected chi connectivity index (χ4v) is 4.47. The number of pyridine rings is 1. The number of fused-ring (bicyclic) bond motifs is 2. The minimum Gasteiger partial charge on any atom is -0.497 e. The van der Waals surface area contributed by atoms with Crippen molar-refractivity contribution in [2.45, 2.75) is 25.4 Å². The van der Waals surface area contributed by atoms with Gasteiger partial charge in [0.2, 0.25) is 0 Å². The Hall–Kier alpha value is -4.06. The van der Waals surface area contributed by atoms with Gasteiger partial charge in [-0.3, -0.25) is 4.79 Å². The monoisotopic (exact) mass is 440 g/mol. The highest BCUT2D eigenvalue weighted by Gasteiger charge is 2.26. The van der Waals surface area contributed by atoms with Crippen molar-refractivity contribution >= 4 is 22.6 Å². The Morgan fingerprint density at radius 2 is 1.91 bits per heavy atom. The second-order valence-corrected chi connectivity index (χ2v) is 8.24. The van der Waals surface area contributed by atoms with E-state index in [2.05, 4.69) is 41.4 Å². The first-order valence-electron chi connectivity index (χ1n) is 10.8. The molecular formula is C27H24N2O4. The first kappa shape index (κ1) is 20.8. The Labute approximate surface area is 191 Å². The van der Waals surface area contributed by atoms with Crippen molar-refractivity contribution in [2.75, 3.05) is 12.8 Å². The van der Waals surface area contributed by atoms with Gasteiger partial charge in [-0.25, -0.2) is 4.98 Å². The molecule has 0 aliphatic heterocycles. The number of carboxylic acids is 1. The SMILES string of the molecule is COc1ccc(CC(=O)O)c(OC2CCc3ccc(-c4ccc5ccnc(N)c5c4)cc32)c1. The number of carbonyl (C=O) groups is 1. The van der Waals surface area contributed by atoms with E-state index in [9.17, 15) is 9.90 Å². The molecule has 0 amide bonds. The third-order valence-electron chi connectivity index (χ3n) is 6.18. The molecule has 0 saturated carbocycles. The number of aliphatic carboxylic acids is 1. The maximum absolute atomic E-state index is 11.3. The van der Waals surface area contributed by atoms with E-state index in [1.807, 2.05) is 6.07 Å². The van der Waals surface area contributed by atoms with Crippen LogP contribution in [0.2, 0.25) is 0 Å². The number of benzene rings is 3. The number of nitrogen functional groups attached to an aromatic ring is 1. The van der Waals surface area contributed by atoms with Gasteiger partial charge in [-0.05, 0) is 64.7 Å². The normalized spacial score (nSPS) is 14.8. The molecule has 1 atom stereocenters. The summed E-state index contributed by atoms with van der Waals surface area (Å²) in [4.78, 5) is 15.5. The highest BCUT2D eigenvalue weighted by atomic mass is 16.5. The number of rotatable bonds is 6. The van der Waals surface area contributed by atoms with E-state index in [0.717, 1.165) is 40.3 Å². The quantitative estimate of drug-likeness (QED) is 0.429. The number of nitrogens with two attached hydrogens (primary N) is 1. The Kier molecular flexibility index (Phi) is 5.34. The number of carboxylic acid groups (broad SMARTS) is 1. The molecule has 0 bridgehead atoms. The summed E-state index contributed by atoms with van der Waals surface area (Å²) >= 11 is 0. The van der Waals surface area contributed by atoms with Crippen molar-refractivity contribution in [2.24, 2.45) is 0 Å². The van der Waals surface area contributed by atoms with Crippen molar-refractivity contribution in [3.8, 4) is 22.6 Å². The van der Waals surface area contributed by atoms with Crippen molar-refractivity contribution in [1.82, 2.24) is 4.98 Å². The third kappa shape index (κ3) is 4.07. The first-order valence-corrected chi connectivity index (χ1v) is 10.8. The lowest BCUT2D eigenvalue weighted by Crippen LogP contribution is -2.08. The molecule has 3 aromatic carbocycles. The molecule has 166 valence electrons. The third-order valence-corrected chi connectivity index (χ3v) is 6.18. The Balaban J connectivity index is 1.49. The lowest BCUT2D eigenvalue weighted by molar-refractivity contribution is -0.136. The summed E-state index contributed by atoms with van der Waals surface area (Å²) in [6.07, 6.45) is 3.19. The number of aromatic nitrogens is 1. The summed E-state index contributed by atoms with van der Waals surface area (Å²) in [5.41, 5.74) is 11.2. The van der Waals surface area contributed by atoms with Crippen molar-refractivity contribution in [1.29, 1.82) is 0 Å². The first-order chi connectivity index (χ1) is 16.0. The van der Waals surface area contributed by atoms with E-state index >= 15 is 0 Å². The summed E-state index contributed by atoms with van der Waals surface area (Å²) in [7, 11) is 1.58. The van der Waals surface area contributed by atoms with Crippen LogP contribution in [0.5, 0.6) is 11.5 Å². The minimum absolute atomic E-state index is 0.106. The molecule has 6 nitrogen and oxygen atoms in total. The molecule has 5 rings (SSSR count). The Morgan fingerprint density at radius 3 is 2.73 bits per heavy atom. The number of ether oxygens (including phenoxy) is 2. The number of hydrogen-bond acceptors (Lipinski definition) is 5. The highest BCUT2D eigenvalue weighted by Crippen LogP contribution is 2.39. The minimum atomic E-state index is -0.899. The van der Waals surface area contributed by atoms with Gasteiger partial charge in [0.05, 0.1) is 13.5 Å². The highest BCUT2D eigenvalue weighted by molar-refractivity contribution is 5.94. The van der Waals surface area contributed by atoms with Gasteiger partial charge in [-0.15, -0.1) is 0 Å². The largest absolute Gasteiger partial charge is 0.497 e. The molecule has 1 aromatic heterocycles. The molecule has 4 aromatic rings. The van der Waals surface area contributed by atoms with Gasteiger partial charge in [0, 0.05) is 23.2 Å². The summed E-state index contributed by atoms with van der Waals surface area (Å²) in [5.74, 6) is 0.794. The number of hydrogen-bond donors (Lipinski definition) is 2. The molecule has 0 radical (unpaired) electrons. The van der Waals surface area contributed by atoms with Crippen LogP contribution in [0.25, 0.3) is 21.9 Å². The van der Waals surface area contributed by atoms with Gasteiger partial charge in [0.15, 0.2) is 0 Å². The van der Waals surface area contributed by atoms with E-state index in [-0.39, 0.29) is 12.5 Å². The smallest absolute Gasteiger partial charge is 0.307 e. The maximum Gasteiger partial charge on any atom is 0.307 e. The number of anilines is 1. The molecule has 0 saturated heterocycles. The molecule has 0 fully saturated rings. The van der Waals surface area contributed by atoms with Crippen LogP contribution in [-0.4, -0.2) is 23.2 Å². The summed E-state index contributed by atoms with van der Waals surface area (Å²) in [6.45, 7) is 0. The van der Waals surface area contributed by atoms with Crippen LogP contribution in [0.3, 0.4) is 0 Å². The zero-order chi connectivity index (χ0) is 22.9. The lowest BCUT2D eigenvalue weighted by atomic mass is 9.98. The maximum atomic E-state index is 11.3. The molecule has 1 unspecified atom stereocenters. The van der Waals surface area contributed by atoms with E-state index in [0.29, 0.717) is 22.9 Å². The van der Waals surface area contributed by atoms with Crippen LogP contribution in [0.1, 0.15) is 29.2 Å². The van der Waals surface area contributed by atoms with Gasteiger partial charge in [0.1, 0.15) is 23.4 Å². The molecule has 6 heteroatoms. The topological polar surface area (TPSA) is 94.7 Å². The van der Waals surface area contributed by atoms with Crippen molar-refractivity contribution in [3.63, 3.8) is 0 Å². The number of nitrogens with zero attached hydrogens (tertiary/aromatic N) is 1. The number of methoxy groups -OCH3 is 1. The van der Waals surface area contributed by atoms with Crippen LogP contribution in [0.15, 0.2) is 66.9 Å². The molecule has 1 aliphatic rings. The standard InChI is InChI=1S/C27H24N2O4/c1-32-21-8-6-20(14-26(30)31)25(15-21)33-24-9-7-16-2-4-18(12-22(16)24)19-5-3-17-10-11-29-27(28)23(17)13-19/h2-6,8,10-13,15,24H,7,9,14H2,1H3,(H2,28,29)(H,30,31). The van der Waals surface area contributed by atoms with E-state index in [1.54, 1.807) is 31.5 Å². The molecular weight excluding hydrogens is 416 g/mol. The van der Waals surface area contributed by atoms with Crippen LogP contribution >= 0.6 is 0 Å². The van der Waals surface area contributed by atoms with Gasteiger partial charge in [0.25, 0.3) is 0 Å². The Bertz CT molecular complexity index is 1370. The second-order valence-electron chi connectivity index (χ2n) is 8.24. The van der Waals surface area contributed by atoms with Crippen LogP contribution in [-0.2, 0) is 17.6 Å². The average Bonchev–Trinajstić information content (AvgIpc) is 3.22. The van der Waals surface area contributed by atoms with Crippen LogP contribution in [0.4, 0.5) is 5.82 Å². The van der Waals surface area contributed by atoms with Gasteiger partial charge < -0.3 is 20.3 Å². The van der Waals surface area contributed by atoms with Gasteiger partial charge >= 0.3 is 5.97 Å². The van der Waals surface area contributed by atoms with E-state index < -0.39 is 5.97 Å². The molecule has 3 N–H and O–H groups in total. The van der Waals surface area contributed by atoms with E-state index in [1.165, 1.54) is 5.56 Å². The van der Waals surface area contributed by atoms with Crippen LogP contribution in [0, 0.1) is 0 Å². The van der Waals surface area contributed by atoms with Crippen molar-refractivity contribution < 1.29 is 19.4 Å². The fraction of sp³-hybridized carbons (Fsp3) is 0.185. The van der Waals surface area contributed by atoms with E-state index in [4.69, 9.17) is 15.2 Å². The zero-order valence-electron chi connectivity index (χ0n) is 18.2. The molecule has 1 heterocycles. The van der Waals surface area contributed by atoms with Crippen molar-refractivity contribution in [3.05, 3.63) is 83.6 Å². The van der Waals surface area contributed by atoms with Crippen LogP contribution < -0.4 is 15.2 Å². The second kappa shape index (κ2) is 8.47. The summed E-state index contributed by atoms with van der Waals surface area (Å²) in [5, 5.41) is 11.3. The molecule has 33 heavy (non-hydrogen) atoms. The molecule has 1 aliphatic carbocycles. The Morgan fingerprint density at radius 1 is 1.09 bits per heavy atom. The summed E-state index contributed by atoms with van der Waals surface area (Å²) in [6, 6.07) is 19.9. The summed E-state index contributed by atoms with van der Waals surface area (Å²) < 4.78 is 11.7. The average molecular weight is 440 g/mol. The molecule has 0 spiro atoms. The predicted molar refractivity (Wildman–Crippen MR) is 128 cm³/mol. The van der Waals surface area contributed by atoms with Gasteiger partial charge in [-0.2, -0.15) is 0 Å². The lowest BCUT2D eigenvalue weighted by Gasteiger charge is -2.19. The zero-order valence-corrected chi connectivity index (χ0v) is 18.2. The van der Waals surface area contributed by atoms with Gasteiger partial charge in [-0.1, -0.05) is 30.3 Å².